The van der Waals surface area contributed by atoms with E-state index in [1.165, 1.54) is 25.5 Å². The molecule has 104 valence electrons. The highest BCUT2D eigenvalue weighted by atomic mass is 19.1. The number of piperazine rings is 1. The standard InChI is InChI=1S/C15H22FN3/c1-11-9-18-7-3-4-12(18)10-19(11)15-6-2-5-14(16)13(15)8-17/h2,5-6,11-12H,3-4,7-10,17H2,1H3. The third kappa shape index (κ3) is 2.23. The van der Waals surface area contributed by atoms with Crippen LogP contribution in [0.3, 0.4) is 0 Å². The Morgan fingerprint density at radius 2 is 2.21 bits per heavy atom. The molecule has 0 saturated carbocycles. The van der Waals surface area contributed by atoms with Crippen molar-refractivity contribution < 1.29 is 4.39 Å². The summed E-state index contributed by atoms with van der Waals surface area (Å²) < 4.78 is 13.9. The van der Waals surface area contributed by atoms with E-state index in [4.69, 9.17) is 5.73 Å². The van der Waals surface area contributed by atoms with E-state index in [0.29, 0.717) is 17.6 Å². The number of fused-ring (bicyclic) bond motifs is 1. The number of hydrogen-bond acceptors (Lipinski definition) is 3. The minimum absolute atomic E-state index is 0.180. The molecule has 2 aliphatic heterocycles. The molecule has 2 unspecified atom stereocenters. The molecule has 2 saturated heterocycles. The predicted molar refractivity (Wildman–Crippen MR) is 75.7 cm³/mol. The fourth-order valence-electron chi connectivity index (χ4n) is 3.54. The largest absolute Gasteiger partial charge is 0.366 e. The van der Waals surface area contributed by atoms with Crippen molar-refractivity contribution in [1.82, 2.24) is 4.90 Å². The first-order valence-corrected chi connectivity index (χ1v) is 7.19. The lowest BCUT2D eigenvalue weighted by Crippen LogP contribution is -2.55. The molecule has 0 aromatic heterocycles. The van der Waals surface area contributed by atoms with Gasteiger partial charge in [-0.05, 0) is 38.4 Å². The topological polar surface area (TPSA) is 32.5 Å². The Hall–Kier alpha value is -1.13. The molecule has 0 radical (unpaired) electrons. The van der Waals surface area contributed by atoms with Crippen LogP contribution in [0.5, 0.6) is 0 Å². The van der Waals surface area contributed by atoms with Crippen molar-refractivity contribution in [3.05, 3.63) is 29.6 Å². The van der Waals surface area contributed by atoms with Gasteiger partial charge in [0.15, 0.2) is 0 Å². The summed E-state index contributed by atoms with van der Waals surface area (Å²) in [6.45, 7) is 5.78. The van der Waals surface area contributed by atoms with Gasteiger partial charge in [-0.15, -0.1) is 0 Å². The Morgan fingerprint density at radius 1 is 1.37 bits per heavy atom. The van der Waals surface area contributed by atoms with Crippen LogP contribution < -0.4 is 10.6 Å². The second-order valence-electron chi connectivity index (χ2n) is 5.73. The summed E-state index contributed by atoms with van der Waals surface area (Å²) in [7, 11) is 0. The van der Waals surface area contributed by atoms with Crippen molar-refractivity contribution >= 4 is 5.69 Å². The number of benzene rings is 1. The number of rotatable bonds is 2. The molecule has 3 nitrogen and oxygen atoms in total. The lowest BCUT2D eigenvalue weighted by atomic mass is 10.0. The van der Waals surface area contributed by atoms with E-state index < -0.39 is 0 Å². The summed E-state index contributed by atoms with van der Waals surface area (Å²) in [5, 5.41) is 0. The maximum absolute atomic E-state index is 13.9. The van der Waals surface area contributed by atoms with Gasteiger partial charge in [0.25, 0.3) is 0 Å². The summed E-state index contributed by atoms with van der Waals surface area (Å²) in [6, 6.07) is 6.35. The summed E-state index contributed by atoms with van der Waals surface area (Å²) >= 11 is 0. The third-order valence-corrected chi connectivity index (χ3v) is 4.54. The van der Waals surface area contributed by atoms with Gasteiger partial charge < -0.3 is 10.6 Å². The Labute approximate surface area is 114 Å². The highest BCUT2D eigenvalue weighted by Gasteiger charge is 2.35. The molecule has 0 bridgehead atoms. The first kappa shape index (κ1) is 12.9. The Kier molecular flexibility index (Phi) is 3.46. The van der Waals surface area contributed by atoms with Gasteiger partial charge in [0, 0.05) is 43.0 Å². The monoisotopic (exact) mass is 263 g/mol. The van der Waals surface area contributed by atoms with Gasteiger partial charge in [-0.25, -0.2) is 4.39 Å². The van der Waals surface area contributed by atoms with Crippen LogP contribution in [0.25, 0.3) is 0 Å². The average molecular weight is 263 g/mol. The summed E-state index contributed by atoms with van der Waals surface area (Å²) in [4.78, 5) is 4.92. The number of halogens is 1. The van der Waals surface area contributed by atoms with Gasteiger partial charge in [-0.1, -0.05) is 6.07 Å². The maximum Gasteiger partial charge on any atom is 0.129 e. The van der Waals surface area contributed by atoms with E-state index in [0.717, 1.165) is 18.8 Å². The molecule has 4 heteroatoms. The van der Waals surface area contributed by atoms with Crippen molar-refractivity contribution in [2.75, 3.05) is 24.5 Å². The van der Waals surface area contributed by atoms with E-state index in [-0.39, 0.29) is 12.4 Å². The number of nitrogens with zero attached hydrogens (tertiary/aromatic N) is 2. The zero-order valence-corrected chi connectivity index (χ0v) is 11.5. The highest BCUT2D eigenvalue weighted by Crippen LogP contribution is 2.31. The summed E-state index contributed by atoms with van der Waals surface area (Å²) in [6.07, 6.45) is 2.55. The smallest absolute Gasteiger partial charge is 0.129 e. The normalized spacial score (nSPS) is 27.6. The Morgan fingerprint density at radius 3 is 3.00 bits per heavy atom. The molecule has 0 spiro atoms. The third-order valence-electron chi connectivity index (χ3n) is 4.54. The molecule has 2 N–H and O–H groups in total. The van der Waals surface area contributed by atoms with E-state index in [1.807, 2.05) is 6.07 Å². The van der Waals surface area contributed by atoms with Crippen LogP contribution in [0.15, 0.2) is 18.2 Å². The van der Waals surface area contributed by atoms with E-state index >= 15 is 0 Å². The van der Waals surface area contributed by atoms with Crippen molar-refractivity contribution in [3.63, 3.8) is 0 Å². The van der Waals surface area contributed by atoms with Crippen molar-refractivity contribution in [1.29, 1.82) is 0 Å². The number of anilines is 1. The SMILES string of the molecule is CC1CN2CCCC2CN1c1cccc(F)c1CN. The number of hydrogen-bond donors (Lipinski definition) is 1. The number of nitrogens with two attached hydrogens (primary N) is 1. The fraction of sp³-hybridized carbons (Fsp3) is 0.600. The first-order valence-electron chi connectivity index (χ1n) is 7.19. The molecule has 3 rings (SSSR count). The molecule has 2 heterocycles. The lowest BCUT2D eigenvalue weighted by molar-refractivity contribution is 0.202. The van der Waals surface area contributed by atoms with Crippen LogP contribution in [-0.4, -0.2) is 36.6 Å². The van der Waals surface area contributed by atoms with Crippen LogP contribution in [0.1, 0.15) is 25.3 Å². The molecule has 1 aromatic carbocycles. The van der Waals surface area contributed by atoms with Crippen molar-refractivity contribution in [3.8, 4) is 0 Å². The quantitative estimate of drug-likeness (QED) is 0.885. The van der Waals surface area contributed by atoms with Gasteiger partial charge in [0.2, 0.25) is 0 Å². The Bertz CT molecular complexity index is 463. The molecule has 2 atom stereocenters. The second kappa shape index (κ2) is 5.10. The summed E-state index contributed by atoms with van der Waals surface area (Å²) in [5.74, 6) is -0.180. The van der Waals surface area contributed by atoms with E-state index in [2.05, 4.69) is 16.7 Å². The second-order valence-corrected chi connectivity index (χ2v) is 5.73. The lowest BCUT2D eigenvalue weighted by Gasteiger charge is -2.44. The van der Waals surface area contributed by atoms with E-state index in [1.54, 1.807) is 6.07 Å². The van der Waals surface area contributed by atoms with Crippen LogP contribution in [0.2, 0.25) is 0 Å². The van der Waals surface area contributed by atoms with Gasteiger partial charge >= 0.3 is 0 Å². The maximum atomic E-state index is 13.9. The van der Waals surface area contributed by atoms with E-state index in [9.17, 15) is 4.39 Å². The average Bonchev–Trinajstić information content (AvgIpc) is 2.84. The van der Waals surface area contributed by atoms with Gasteiger partial charge in [-0.2, -0.15) is 0 Å². The van der Waals surface area contributed by atoms with Crippen LogP contribution >= 0.6 is 0 Å². The van der Waals surface area contributed by atoms with Crippen LogP contribution in [0, 0.1) is 5.82 Å². The molecule has 1 aromatic rings. The minimum atomic E-state index is -0.180. The van der Waals surface area contributed by atoms with Gasteiger partial charge in [-0.3, -0.25) is 4.90 Å². The highest BCUT2D eigenvalue weighted by molar-refractivity contribution is 5.55. The van der Waals surface area contributed by atoms with Crippen LogP contribution in [-0.2, 0) is 6.54 Å². The molecule has 19 heavy (non-hydrogen) atoms. The van der Waals surface area contributed by atoms with Gasteiger partial charge in [0.1, 0.15) is 5.82 Å². The zero-order valence-electron chi connectivity index (χ0n) is 11.5. The molecular formula is C15H22FN3. The predicted octanol–water partition coefficient (Wildman–Crippen LogP) is 1.96. The molecule has 2 fully saturated rings. The molecular weight excluding hydrogens is 241 g/mol. The molecule has 0 amide bonds. The molecule has 0 aliphatic carbocycles. The summed E-state index contributed by atoms with van der Waals surface area (Å²) in [5.41, 5.74) is 7.37. The van der Waals surface area contributed by atoms with Crippen molar-refractivity contribution in [2.45, 2.75) is 38.4 Å². The van der Waals surface area contributed by atoms with Gasteiger partial charge in [0.05, 0.1) is 0 Å². The van der Waals surface area contributed by atoms with Crippen molar-refractivity contribution in [2.24, 2.45) is 5.73 Å². The fourth-order valence-corrected chi connectivity index (χ4v) is 3.54. The van der Waals surface area contributed by atoms with Crippen LogP contribution in [0.4, 0.5) is 10.1 Å². The first-order chi connectivity index (χ1) is 9.20. The Balaban J connectivity index is 1.91. The molecule has 2 aliphatic rings. The zero-order chi connectivity index (χ0) is 13.4. The minimum Gasteiger partial charge on any atom is -0.366 e.